The highest BCUT2D eigenvalue weighted by Gasteiger charge is 2.25. The van der Waals surface area contributed by atoms with Gasteiger partial charge in [-0.2, -0.15) is 0 Å². The van der Waals surface area contributed by atoms with Gasteiger partial charge in [0.1, 0.15) is 5.69 Å². The van der Waals surface area contributed by atoms with Gasteiger partial charge in [-0.3, -0.25) is 4.79 Å². The van der Waals surface area contributed by atoms with E-state index in [1.54, 1.807) is 7.11 Å². The predicted octanol–water partition coefficient (Wildman–Crippen LogP) is 1.66. The summed E-state index contributed by atoms with van der Waals surface area (Å²) in [5, 5.41) is 12.4. The molecule has 118 valence electrons. The highest BCUT2D eigenvalue weighted by Crippen LogP contribution is 2.29. The van der Waals surface area contributed by atoms with Gasteiger partial charge in [-0.15, -0.1) is 0 Å². The lowest BCUT2D eigenvalue weighted by molar-refractivity contribution is 0.0898. The third-order valence-corrected chi connectivity index (χ3v) is 4.42. The van der Waals surface area contributed by atoms with Gasteiger partial charge in [-0.05, 0) is 36.8 Å². The molecule has 2 rings (SSSR count). The van der Waals surface area contributed by atoms with Gasteiger partial charge in [0, 0.05) is 33.0 Å². The molecule has 1 fully saturated rings. The second kappa shape index (κ2) is 8.20. The van der Waals surface area contributed by atoms with Gasteiger partial charge in [-0.1, -0.05) is 12.8 Å². The number of nitrogens with zero attached hydrogens (tertiary/aromatic N) is 1. The van der Waals surface area contributed by atoms with Crippen molar-refractivity contribution in [1.29, 1.82) is 0 Å². The molecule has 0 aromatic carbocycles. The van der Waals surface area contributed by atoms with Gasteiger partial charge in [0.05, 0.1) is 6.61 Å². The van der Waals surface area contributed by atoms with Crippen molar-refractivity contribution in [3.05, 3.63) is 24.0 Å². The fourth-order valence-electron chi connectivity index (χ4n) is 3.11. The Kier molecular flexibility index (Phi) is 6.26. The molecule has 1 aromatic heterocycles. The van der Waals surface area contributed by atoms with Crippen LogP contribution in [-0.4, -0.2) is 42.4 Å². The van der Waals surface area contributed by atoms with Crippen molar-refractivity contribution in [2.24, 2.45) is 11.8 Å². The number of aromatic nitrogens is 1. The molecule has 0 saturated heterocycles. The summed E-state index contributed by atoms with van der Waals surface area (Å²) < 4.78 is 6.96. The second-order valence-corrected chi connectivity index (χ2v) is 5.78. The molecule has 1 heterocycles. The Morgan fingerprint density at radius 1 is 1.43 bits per heavy atom. The van der Waals surface area contributed by atoms with Crippen LogP contribution in [0.3, 0.4) is 0 Å². The minimum atomic E-state index is -0.0432. The van der Waals surface area contributed by atoms with Gasteiger partial charge in [0.15, 0.2) is 0 Å². The molecule has 0 aliphatic heterocycles. The lowest BCUT2D eigenvalue weighted by atomic mass is 9.79. The smallest absolute Gasteiger partial charge is 0.267 e. The first kappa shape index (κ1) is 16.0. The van der Waals surface area contributed by atoms with E-state index < -0.39 is 0 Å². The van der Waals surface area contributed by atoms with Gasteiger partial charge in [0.25, 0.3) is 5.91 Å². The topological polar surface area (TPSA) is 63.5 Å². The summed E-state index contributed by atoms with van der Waals surface area (Å²) >= 11 is 0. The zero-order valence-electron chi connectivity index (χ0n) is 12.8. The molecule has 0 radical (unpaired) electrons. The number of methoxy groups -OCH3 is 1. The SMILES string of the molecule is COCCn1cccc1C(=O)NCC1CCCCC1CO. The van der Waals surface area contributed by atoms with E-state index in [4.69, 9.17) is 4.74 Å². The quantitative estimate of drug-likeness (QED) is 0.804. The maximum atomic E-state index is 12.3. The van der Waals surface area contributed by atoms with Crippen LogP contribution in [0.1, 0.15) is 36.2 Å². The maximum absolute atomic E-state index is 12.3. The first-order valence-corrected chi connectivity index (χ1v) is 7.79. The molecular weight excluding hydrogens is 268 g/mol. The van der Waals surface area contributed by atoms with Crippen LogP contribution >= 0.6 is 0 Å². The molecular formula is C16H26N2O3. The Labute approximate surface area is 126 Å². The Morgan fingerprint density at radius 2 is 2.19 bits per heavy atom. The molecule has 21 heavy (non-hydrogen) atoms. The van der Waals surface area contributed by atoms with Crippen LogP contribution in [-0.2, 0) is 11.3 Å². The predicted molar refractivity (Wildman–Crippen MR) is 81.2 cm³/mol. The Balaban J connectivity index is 1.87. The number of carbonyl (C=O) groups is 1. The minimum absolute atomic E-state index is 0.0432. The molecule has 0 bridgehead atoms. The van der Waals surface area contributed by atoms with Crippen molar-refractivity contribution >= 4 is 5.91 Å². The Morgan fingerprint density at radius 3 is 2.90 bits per heavy atom. The van der Waals surface area contributed by atoms with Crippen molar-refractivity contribution in [2.75, 3.05) is 26.9 Å². The zero-order chi connectivity index (χ0) is 15.1. The molecule has 1 aliphatic carbocycles. The van der Waals surface area contributed by atoms with Crippen LogP contribution in [0.2, 0.25) is 0 Å². The maximum Gasteiger partial charge on any atom is 0.267 e. The number of carbonyl (C=O) groups excluding carboxylic acids is 1. The number of ether oxygens (including phenoxy) is 1. The fourth-order valence-corrected chi connectivity index (χ4v) is 3.11. The van der Waals surface area contributed by atoms with E-state index in [1.807, 2.05) is 22.9 Å². The molecule has 2 N–H and O–H groups in total. The van der Waals surface area contributed by atoms with Gasteiger partial charge in [0.2, 0.25) is 0 Å². The van der Waals surface area contributed by atoms with Crippen molar-refractivity contribution in [1.82, 2.24) is 9.88 Å². The van der Waals surface area contributed by atoms with E-state index in [0.717, 1.165) is 12.8 Å². The number of rotatable bonds is 7. The van der Waals surface area contributed by atoms with Crippen molar-refractivity contribution in [3.63, 3.8) is 0 Å². The molecule has 0 spiro atoms. The number of amides is 1. The largest absolute Gasteiger partial charge is 0.396 e. The minimum Gasteiger partial charge on any atom is -0.396 e. The van der Waals surface area contributed by atoms with Crippen LogP contribution in [0.25, 0.3) is 0 Å². The molecule has 2 atom stereocenters. The van der Waals surface area contributed by atoms with E-state index in [0.29, 0.717) is 37.2 Å². The summed E-state index contributed by atoms with van der Waals surface area (Å²) in [6, 6.07) is 3.71. The highest BCUT2D eigenvalue weighted by atomic mass is 16.5. The van der Waals surface area contributed by atoms with Crippen LogP contribution in [0.5, 0.6) is 0 Å². The van der Waals surface area contributed by atoms with Crippen LogP contribution in [0.4, 0.5) is 0 Å². The van der Waals surface area contributed by atoms with Crippen molar-refractivity contribution in [3.8, 4) is 0 Å². The number of nitrogens with one attached hydrogen (secondary N) is 1. The van der Waals surface area contributed by atoms with E-state index in [-0.39, 0.29) is 12.5 Å². The zero-order valence-corrected chi connectivity index (χ0v) is 12.8. The van der Waals surface area contributed by atoms with Crippen molar-refractivity contribution < 1.29 is 14.6 Å². The number of aliphatic hydroxyl groups is 1. The molecule has 1 aliphatic rings. The van der Waals surface area contributed by atoms with Gasteiger partial charge < -0.3 is 19.7 Å². The summed E-state index contributed by atoms with van der Waals surface area (Å²) in [6.45, 7) is 2.14. The average Bonchev–Trinajstić information content (AvgIpc) is 2.99. The summed E-state index contributed by atoms with van der Waals surface area (Å²) in [5.74, 6) is 0.688. The molecule has 5 heteroatoms. The molecule has 2 unspecified atom stereocenters. The first-order valence-electron chi connectivity index (χ1n) is 7.79. The standard InChI is InChI=1S/C16H26N2O3/c1-21-10-9-18-8-4-7-15(18)16(20)17-11-13-5-2-3-6-14(13)12-19/h4,7-8,13-14,19H,2-3,5-6,9-12H2,1H3,(H,17,20). The second-order valence-electron chi connectivity index (χ2n) is 5.78. The van der Waals surface area contributed by atoms with Crippen LogP contribution < -0.4 is 5.32 Å². The Hall–Kier alpha value is -1.33. The summed E-state index contributed by atoms with van der Waals surface area (Å²) in [6.07, 6.45) is 6.44. The monoisotopic (exact) mass is 294 g/mol. The summed E-state index contributed by atoms with van der Waals surface area (Å²) in [4.78, 5) is 12.3. The number of hydrogen-bond donors (Lipinski definition) is 2. The third kappa shape index (κ3) is 4.32. The van der Waals surface area contributed by atoms with E-state index in [9.17, 15) is 9.90 Å². The normalized spacial score (nSPS) is 22.2. The van der Waals surface area contributed by atoms with E-state index in [2.05, 4.69) is 5.32 Å². The number of hydrogen-bond acceptors (Lipinski definition) is 3. The highest BCUT2D eigenvalue weighted by molar-refractivity contribution is 5.92. The lowest BCUT2D eigenvalue weighted by Crippen LogP contribution is -2.36. The van der Waals surface area contributed by atoms with Gasteiger partial charge in [-0.25, -0.2) is 0 Å². The average molecular weight is 294 g/mol. The lowest BCUT2D eigenvalue weighted by Gasteiger charge is -2.30. The molecule has 1 aromatic rings. The van der Waals surface area contributed by atoms with Crippen LogP contribution in [0, 0.1) is 11.8 Å². The Bertz CT molecular complexity index is 444. The molecule has 1 saturated carbocycles. The fraction of sp³-hybridized carbons (Fsp3) is 0.688. The van der Waals surface area contributed by atoms with Gasteiger partial charge >= 0.3 is 0 Å². The molecule has 1 amide bonds. The van der Waals surface area contributed by atoms with E-state index in [1.165, 1.54) is 12.8 Å². The third-order valence-electron chi connectivity index (χ3n) is 4.42. The molecule has 5 nitrogen and oxygen atoms in total. The van der Waals surface area contributed by atoms with E-state index >= 15 is 0 Å². The summed E-state index contributed by atoms with van der Waals surface area (Å²) in [5.41, 5.74) is 0.670. The van der Waals surface area contributed by atoms with Crippen molar-refractivity contribution in [2.45, 2.75) is 32.2 Å². The summed E-state index contributed by atoms with van der Waals surface area (Å²) in [7, 11) is 1.65. The first-order chi connectivity index (χ1) is 10.3. The number of aliphatic hydroxyl groups excluding tert-OH is 1. The van der Waals surface area contributed by atoms with Crippen LogP contribution in [0.15, 0.2) is 18.3 Å².